The molecule has 2 aliphatic rings. The molecule has 0 radical (unpaired) electrons. The second-order valence-electron chi connectivity index (χ2n) is 6.38. The lowest BCUT2D eigenvalue weighted by molar-refractivity contribution is -0.122. The number of fused-ring (bicyclic) bond motifs is 2. The number of hydrogen-bond acceptors (Lipinski definition) is 5. The number of nitrogens with zero attached hydrogens (tertiary/aromatic N) is 3. The number of nitrogens with two attached hydrogens (primary N) is 1. The lowest BCUT2D eigenvalue weighted by Crippen LogP contribution is -2.42. The van der Waals surface area contributed by atoms with E-state index < -0.39 is 0 Å². The molecule has 0 bridgehead atoms. The number of hydrogen-bond donors (Lipinski definition) is 1. The number of rotatable bonds is 2. The molecule has 0 saturated carbocycles. The number of carbonyl (C=O) groups excluding carboxylic acids is 1. The van der Waals surface area contributed by atoms with E-state index in [2.05, 4.69) is 20.9 Å². The molecule has 0 spiro atoms. The van der Waals surface area contributed by atoms with Gasteiger partial charge in [-0.3, -0.25) is 4.79 Å². The SMILES string of the molecule is NC(=O)[C@@H]1CCCN(c2ncnc3c2Cc2ccccc2OC3)C1. The molecule has 1 amide bonds. The lowest BCUT2D eigenvalue weighted by atomic mass is 9.96. The fourth-order valence-corrected chi connectivity index (χ4v) is 3.55. The first-order valence-electron chi connectivity index (χ1n) is 8.30. The third-order valence-corrected chi connectivity index (χ3v) is 4.84. The zero-order valence-corrected chi connectivity index (χ0v) is 13.4. The summed E-state index contributed by atoms with van der Waals surface area (Å²) in [6.07, 6.45) is 4.12. The van der Waals surface area contributed by atoms with Gasteiger partial charge in [-0.2, -0.15) is 0 Å². The Morgan fingerprint density at radius 3 is 3.04 bits per heavy atom. The van der Waals surface area contributed by atoms with Gasteiger partial charge < -0.3 is 15.4 Å². The maximum atomic E-state index is 11.6. The Morgan fingerprint density at radius 1 is 1.29 bits per heavy atom. The van der Waals surface area contributed by atoms with Crippen LogP contribution in [0.4, 0.5) is 5.82 Å². The summed E-state index contributed by atoms with van der Waals surface area (Å²) in [5, 5.41) is 0. The summed E-state index contributed by atoms with van der Waals surface area (Å²) < 4.78 is 5.89. The third kappa shape index (κ3) is 2.68. The molecule has 1 fully saturated rings. The van der Waals surface area contributed by atoms with E-state index in [-0.39, 0.29) is 11.8 Å². The van der Waals surface area contributed by atoms with Crippen LogP contribution in [0.25, 0.3) is 0 Å². The standard InChI is InChI=1S/C18H20N4O2/c19-17(23)13-5-3-7-22(9-13)18-14-8-12-4-1-2-6-16(12)24-10-15(14)20-11-21-18/h1-2,4,6,11,13H,3,5,7-10H2,(H2,19,23)/t13-/m1/s1. The van der Waals surface area contributed by atoms with Gasteiger partial charge in [0.25, 0.3) is 0 Å². The molecule has 0 aliphatic carbocycles. The molecule has 1 atom stereocenters. The third-order valence-electron chi connectivity index (χ3n) is 4.84. The minimum absolute atomic E-state index is 0.112. The second kappa shape index (κ2) is 6.11. The normalized spacial score (nSPS) is 19.7. The van der Waals surface area contributed by atoms with Gasteiger partial charge in [-0.15, -0.1) is 0 Å². The van der Waals surface area contributed by atoms with Crippen LogP contribution < -0.4 is 15.4 Å². The summed E-state index contributed by atoms with van der Waals surface area (Å²) >= 11 is 0. The predicted molar refractivity (Wildman–Crippen MR) is 89.7 cm³/mol. The number of amides is 1. The first-order valence-corrected chi connectivity index (χ1v) is 8.30. The van der Waals surface area contributed by atoms with Crippen molar-refractivity contribution in [2.45, 2.75) is 25.9 Å². The van der Waals surface area contributed by atoms with Crippen molar-refractivity contribution in [3.63, 3.8) is 0 Å². The van der Waals surface area contributed by atoms with E-state index in [1.165, 1.54) is 0 Å². The average molecular weight is 324 g/mol. The van der Waals surface area contributed by atoms with E-state index in [9.17, 15) is 4.79 Å². The molecule has 2 aromatic rings. The summed E-state index contributed by atoms with van der Waals surface area (Å²) in [5.74, 6) is 1.47. The minimum atomic E-state index is -0.228. The zero-order chi connectivity index (χ0) is 16.5. The van der Waals surface area contributed by atoms with E-state index >= 15 is 0 Å². The highest BCUT2D eigenvalue weighted by Gasteiger charge is 2.28. The summed E-state index contributed by atoms with van der Waals surface area (Å²) in [6, 6.07) is 8.05. The number of carbonyl (C=O) groups is 1. The van der Waals surface area contributed by atoms with Gasteiger partial charge in [-0.25, -0.2) is 9.97 Å². The Balaban J connectivity index is 1.70. The highest BCUT2D eigenvalue weighted by atomic mass is 16.5. The van der Waals surface area contributed by atoms with Crippen molar-refractivity contribution in [2.24, 2.45) is 11.7 Å². The maximum absolute atomic E-state index is 11.6. The van der Waals surface area contributed by atoms with Crippen LogP contribution in [-0.2, 0) is 17.8 Å². The first kappa shape index (κ1) is 14.9. The number of piperidine rings is 1. The Morgan fingerprint density at radius 2 is 2.17 bits per heavy atom. The van der Waals surface area contributed by atoms with Crippen molar-refractivity contribution in [1.82, 2.24) is 9.97 Å². The molecule has 0 unspecified atom stereocenters. The highest BCUT2D eigenvalue weighted by Crippen LogP contribution is 2.33. The fourth-order valence-electron chi connectivity index (χ4n) is 3.55. The topological polar surface area (TPSA) is 81.3 Å². The number of para-hydroxylation sites is 1. The van der Waals surface area contributed by atoms with Crippen molar-refractivity contribution >= 4 is 11.7 Å². The molecule has 2 N–H and O–H groups in total. The van der Waals surface area contributed by atoms with E-state index in [1.807, 2.05) is 18.2 Å². The van der Waals surface area contributed by atoms with E-state index in [4.69, 9.17) is 10.5 Å². The van der Waals surface area contributed by atoms with Crippen LogP contribution in [-0.4, -0.2) is 29.0 Å². The molecule has 6 heteroatoms. The second-order valence-corrected chi connectivity index (χ2v) is 6.38. The van der Waals surface area contributed by atoms with Crippen molar-refractivity contribution < 1.29 is 9.53 Å². The molecule has 6 nitrogen and oxygen atoms in total. The van der Waals surface area contributed by atoms with Crippen LogP contribution in [0.2, 0.25) is 0 Å². The van der Waals surface area contributed by atoms with Gasteiger partial charge in [0.15, 0.2) is 0 Å². The molecule has 124 valence electrons. The largest absolute Gasteiger partial charge is 0.487 e. The summed E-state index contributed by atoms with van der Waals surface area (Å²) in [5.41, 5.74) is 8.65. The van der Waals surface area contributed by atoms with Gasteiger partial charge in [0.05, 0.1) is 11.6 Å². The Kier molecular flexibility index (Phi) is 3.80. The average Bonchev–Trinajstić information content (AvgIpc) is 2.81. The zero-order valence-electron chi connectivity index (χ0n) is 13.4. The van der Waals surface area contributed by atoms with Crippen molar-refractivity contribution in [1.29, 1.82) is 0 Å². The summed E-state index contributed by atoms with van der Waals surface area (Å²) in [4.78, 5) is 22.7. The van der Waals surface area contributed by atoms with Crippen LogP contribution in [0.15, 0.2) is 30.6 Å². The molecule has 24 heavy (non-hydrogen) atoms. The number of anilines is 1. The first-order chi connectivity index (χ1) is 11.7. The van der Waals surface area contributed by atoms with Crippen molar-refractivity contribution in [3.05, 3.63) is 47.4 Å². The Hall–Kier alpha value is -2.63. The van der Waals surface area contributed by atoms with Crippen LogP contribution in [0, 0.1) is 5.92 Å². The molecule has 1 aromatic carbocycles. The molecule has 4 rings (SSSR count). The Labute approximate surface area is 140 Å². The predicted octanol–water partition coefficient (Wildman–Crippen LogP) is 1.66. The Bertz CT molecular complexity index is 777. The molecule has 1 saturated heterocycles. The van der Waals surface area contributed by atoms with Gasteiger partial charge in [-0.05, 0) is 24.5 Å². The monoisotopic (exact) mass is 324 g/mol. The van der Waals surface area contributed by atoms with Gasteiger partial charge in [0, 0.05) is 25.1 Å². The summed E-state index contributed by atoms with van der Waals surface area (Å²) in [6.45, 7) is 1.95. The van der Waals surface area contributed by atoms with Crippen LogP contribution in [0.3, 0.4) is 0 Å². The van der Waals surface area contributed by atoms with Crippen molar-refractivity contribution in [2.75, 3.05) is 18.0 Å². The number of primary amides is 1. The molecular formula is C18H20N4O2. The van der Waals surface area contributed by atoms with Gasteiger partial charge >= 0.3 is 0 Å². The maximum Gasteiger partial charge on any atom is 0.222 e. The highest BCUT2D eigenvalue weighted by molar-refractivity contribution is 5.77. The van der Waals surface area contributed by atoms with Gasteiger partial charge in [0.2, 0.25) is 5.91 Å². The molecule has 2 aliphatic heterocycles. The van der Waals surface area contributed by atoms with Crippen LogP contribution in [0.5, 0.6) is 5.75 Å². The van der Waals surface area contributed by atoms with E-state index in [0.29, 0.717) is 13.2 Å². The van der Waals surface area contributed by atoms with E-state index in [0.717, 1.165) is 54.2 Å². The smallest absolute Gasteiger partial charge is 0.222 e. The minimum Gasteiger partial charge on any atom is -0.487 e. The molecule has 1 aromatic heterocycles. The van der Waals surface area contributed by atoms with Gasteiger partial charge in [-0.1, -0.05) is 18.2 Å². The quantitative estimate of drug-likeness (QED) is 0.908. The lowest BCUT2D eigenvalue weighted by Gasteiger charge is -2.33. The number of benzene rings is 1. The van der Waals surface area contributed by atoms with Crippen LogP contribution >= 0.6 is 0 Å². The molecular weight excluding hydrogens is 304 g/mol. The number of aromatic nitrogens is 2. The van der Waals surface area contributed by atoms with Crippen molar-refractivity contribution in [3.8, 4) is 5.75 Å². The fraction of sp³-hybridized carbons (Fsp3) is 0.389. The summed E-state index contributed by atoms with van der Waals surface area (Å²) in [7, 11) is 0. The van der Waals surface area contributed by atoms with E-state index in [1.54, 1.807) is 6.33 Å². The van der Waals surface area contributed by atoms with Gasteiger partial charge in [0.1, 0.15) is 24.5 Å². The molecule has 3 heterocycles. The van der Waals surface area contributed by atoms with Crippen LogP contribution in [0.1, 0.15) is 29.7 Å². The number of ether oxygens (including phenoxy) is 1.